The molecule has 4 atom stereocenters. The Hall–Kier alpha value is 0.778. The normalized spacial score (nSPS) is 15.8. The molecule has 210 valence electrons. The van der Waals surface area contributed by atoms with Gasteiger partial charge in [0.2, 0.25) is 15.2 Å². The Kier molecular flexibility index (Phi) is 19.3. The van der Waals surface area contributed by atoms with E-state index in [0.717, 1.165) is 12.1 Å². The van der Waals surface area contributed by atoms with Crippen molar-refractivity contribution in [3.63, 3.8) is 0 Å². The first kappa shape index (κ1) is 42.2. The van der Waals surface area contributed by atoms with Crippen molar-refractivity contribution in [1.82, 2.24) is 0 Å². The third-order valence-electron chi connectivity index (χ3n) is 3.26. The molecule has 2 N–H and O–H groups in total. The predicted octanol–water partition coefficient (Wildman–Crippen LogP) is -1.08. The minimum absolute atomic E-state index is 0. The maximum atomic E-state index is 11.2. The van der Waals surface area contributed by atoms with E-state index < -0.39 is 41.6 Å². The molecule has 2 aromatic rings. The number of hydrogen-bond donors (Lipinski definition) is 2. The van der Waals surface area contributed by atoms with E-state index >= 15 is 0 Å². The van der Waals surface area contributed by atoms with Gasteiger partial charge in [-0.2, -0.15) is 0 Å². The molecule has 0 aromatic heterocycles. The number of rotatable bonds is 8. The summed E-state index contributed by atoms with van der Waals surface area (Å²) in [6, 6.07) is 10.6. The molecule has 0 aliphatic rings. The Morgan fingerprint density at radius 3 is 1.05 bits per heavy atom. The number of benzene rings is 2. The van der Waals surface area contributed by atoms with Crippen LogP contribution in [0.2, 0.25) is 10.0 Å². The van der Waals surface area contributed by atoms with Crippen molar-refractivity contribution in [2.24, 2.45) is 0 Å². The molecule has 0 amide bonds. The van der Waals surface area contributed by atoms with E-state index in [1.54, 1.807) is 0 Å². The molecule has 2 aromatic carbocycles. The molecule has 0 radical (unpaired) electrons. The molecule has 0 aliphatic heterocycles. The number of aliphatic hydroxyl groups is 2. The minimum Gasteiger partial charge on any atom is -0.809 e. The van der Waals surface area contributed by atoms with Crippen LogP contribution >= 0.6 is 53.6 Å². The van der Waals surface area contributed by atoms with E-state index in [4.69, 9.17) is 33.4 Å². The Balaban J connectivity index is -0.000000578. The smallest absolute Gasteiger partial charge is 0.809 e. The molecule has 2 rings (SSSR count). The van der Waals surface area contributed by atoms with Crippen molar-refractivity contribution in [3.8, 4) is 11.5 Å². The molecule has 14 nitrogen and oxygen atoms in total. The first-order valence-corrected chi connectivity index (χ1v) is 15.4. The molecule has 0 spiro atoms. The number of para-hydroxylation sites is 2. The zero-order valence-corrected chi connectivity index (χ0v) is 25.6. The van der Waals surface area contributed by atoms with Gasteiger partial charge in [-0.3, -0.25) is 9.13 Å². The second-order valence-electron chi connectivity index (χ2n) is 5.90. The standard InChI is InChI=1S/2C7H9ClO7P2.3Fe/c2*8-5-3-1-2-4-6(5)15-17(13,14)7(9)16(10,11)12;;;/h2*1-4,7,9H,(H,13,14)(H2,10,11,12);;;/q;;3*+2/p-6. The molecule has 0 bridgehead atoms. The fraction of sp³-hybridized carbons (Fsp3) is 0.143. The molecule has 0 aliphatic carbocycles. The monoisotopic (exact) mass is 766 g/mol. The van der Waals surface area contributed by atoms with Crippen LogP contribution in [-0.4, -0.2) is 21.4 Å². The van der Waals surface area contributed by atoms with E-state index in [-0.39, 0.29) is 72.8 Å². The van der Waals surface area contributed by atoms with Crippen molar-refractivity contribution in [3.05, 3.63) is 58.6 Å². The SMILES string of the molecule is O=P([O-])([O-])C(O)P(=O)([O-])Oc1ccccc1Cl.O=P([O-])([O-])C(O)P(=O)([O-])Oc1ccccc1Cl.[Fe+2].[Fe+2].[Fe+2]. The molecule has 0 saturated carbocycles. The molecule has 23 heteroatoms. The van der Waals surface area contributed by atoms with Crippen molar-refractivity contribution >= 4 is 53.6 Å². The molecule has 0 saturated heterocycles. The summed E-state index contributed by atoms with van der Waals surface area (Å²) in [6.07, 6.45) is 0. The Morgan fingerprint density at radius 2 is 0.838 bits per heavy atom. The van der Waals surface area contributed by atoms with Gasteiger partial charge >= 0.3 is 51.2 Å². The average molecular weight is 767 g/mol. The van der Waals surface area contributed by atoms with Gasteiger partial charge < -0.3 is 57.8 Å². The summed E-state index contributed by atoms with van der Waals surface area (Å²) in [5.41, 5.74) is -6.29. The number of aliphatic hydroxyl groups excluding tert-OH is 2. The van der Waals surface area contributed by atoms with Crippen LogP contribution in [0.4, 0.5) is 0 Å². The number of hydrogen-bond acceptors (Lipinski definition) is 14. The topological polar surface area (TPSA) is 266 Å². The van der Waals surface area contributed by atoms with Crippen LogP contribution < -0.4 is 38.4 Å². The van der Waals surface area contributed by atoms with Gasteiger partial charge in [0.25, 0.3) is 0 Å². The van der Waals surface area contributed by atoms with E-state index in [9.17, 15) is 47.6 Å². The quantitative estimate of drug-likeness (QED) is 0.239. The summed E-state index contributed by atoms with van der Waals surface area (Å²) in [5, 5.41) is 17.4. The summed E-state index contributed by atoms with van der Waals surface area (Å²) in [5.74, 6) is -0.750. The van der Waals surface area contributed by atoms with E-state index in [1.165, 1.54) is 36.4 Å². The van der Waals surface area contributed by atoms with Crippen LogP contribution in [-0.2, 0) is 69.5 Å². The molecular formula is C14H12Cl2Fe3O14P4. The Bertz CT molecular complexity index is 1100. The third kappa shape index (κ3) is 13.8. The maximum absolute atomic E-state index is 11.2. The summed E-state index contributed by atoms with van der Waals surface area (Å²) < 4.78 is 51.8. The predicted molar refractivity (Wildman–Crippen MR) is 107 cm³/mol. The van der Waals surface area contributed by atoms with Crippen LogP contribution in [0.25, 0.3) is 0 Å². The fourth-order valence-electron chi connectivity index (χ4n) is 1.75. The van der Waals surface area contributed by atoms with Crippen LogP contribution in [0.1, 0.15) is 0 Å². The third-order valence-corrected chi connectivity index (χ3v) is 10.4. The maximum Gasteiger partial charge on any atom is 2.00 e. The molecular weight excluding hydrogens is 754 g/mol. The first-order valence-electron chi connectivity index (χ1n) is 8.18. The Labute approximate surface area is 251 Å². The van der Waals surface area contributed by atoms with Crippen LogP contribution in [0.3, 0.4) is 0 Å². The van der Waals surface area contributed by atoms with Gasteiger partial charge in [-0.25, -0.2) is 0 Å². The van der Waals surface area contributed by atoms with Crippen molar-refractivity contribution in [2.75, 3.05) is 0 Å². The average Bonchev–Trinajstić information content (AvgIpc) is 2.69. The first-order chi connectivity index (χ1) is 15.3. The van der Waals surface area contributed by atoms with Crippen LogP contribution in [0.15, 0.2) is 48.5 Å². The molecule has 37 heavy (non-hydrogen) atoms. The number of halogens is 2. The van der Waals surface area contributed by atoms with Gasteiger partial charge in [-0.1, -0.05) is 47.5 Å². The van der Waals surface area contributed by atoms with Crippen LogP contribution in [0.5, 0.6) is 11.5 Å². The Morgan fingerprint density at radius 1 is 0.595 bits per heavy atom. The largest absolute Gasteiger partial charge is 2.00 e. The van der Waals surface area contributed by atoms with Crippen molar-refractivity contribution in [1.29, 1.82) is 0 Å². The summed E-state index contributed by atoms with van der Waals surface area (Å²) in [7, 11) is -22.1. The zero-order chi connectivity index (χ0) is 26.5. The molecule has 0 fully saturated rings. The molecule has 4 unspecified atom stereocenters. The van der Waals surface area contributed by atoms with Gasteiger partial charge in [-0.15, -0.1) is 0 Å². The van der Waals surface area contributed by atoms with Gasteiger partial charge in [0.05, 0.1) is 10.0 Å². The summed E-state index contributed by atoms with van der Waals surface area (Å²) in [4.78, 5) is 64.0. The van der Waals surface area contributed by atoms with Crippen molar-refractivity contribution < 1.29 is 118 Å². The summed E-state index contributed by atoms with van der Waals surface area (Å²) >= 11 is 11.1. The second-order valence-corrected chi connectivity index (χ2v) is 14.2. The van der Waals surface area contributed by atoms with Crippen molar-refractivity contribution in [2.45, 2.75) is 11.2 Å². The van der Waals surface area contributed by atoms with Gasteiger partial charge in [0.15, 0.2) is 11.2 Å². The van der Waals surface area contributed by atoms with E-state index in [2.05, 4.69) is 9.05 Å². The van der Waals surface area contributed by atoms with Gasteiger partial charge in [0.1, 0.15) is 11.5 Å². The zero-order valence-electron chi connectivity index (χ0n) is 17.2. The van der Waals surface area contributed by atoms with E-state index in [0.29, 0.717) is 0 Å². The fourth-order valence-corrected chi connectivity index (χ4v) is 6.32. The van der Waals surface area contributed by atoms with Crippen LogP contribution in [0, 0.1) is 0 Å². The summed E-state index contributed by atoms with van der Waals surface area (Å²) in [6.45, 7) is 0. The van der Waals surface area contributed by atoms with Gasteiger partial charge in [-0.05, 0) is 39.5 Å². The second kappa shape index (κ2) is 16.9. The van der Waals surface area contributed by atoms with E-state index in [1.807, 2.05) is 0 Å². The molecule has 0 heterocycles. The minimum atomic E-state index is -5.72. The van der Waals surface area contributed by atoms with Gasteiger partial charge in [0, 0.05) is 0 Å².